The highest BCUT2D eigenvalue weighted by Gasteiger charge is 2.33. The Morgan fingerprint density at radius 1 is 1.32 bits per heavy atom. The molecule has 6 heteroatoms. The van der Waals surface area contributed by atoms with Crippen molar-refractivity contribution in [3.8, 4) is 0 Å². The monoisotopic (exact) mass is 350 g/mol. The lowest BCUT2D eigenvalue weighted by Crippen LogP contribution is -2.27. The Morgan fingerprint density at radius 3 is 2.56 bits per heavy atom. The van der Waals surface area contributed by atoms with Crippen LogP contribution in [0.2, 0.25) is 0 Å². The molecule has 0 aliphatic heterocycles. The Balaban J connectivity index is 0.00000151. The molecule has 0 amide bonds. The minimum Gasteiger partial charge on any atom is -0.361 e. The first-order chi connectivity index (χ1) is 11.9. The average molecular weight is 350 g/mol. The van der Waals surface area contributed by atoms with Gasteiger partial charge in [-0.2, -0.15) is 13.2 Å². The van der Waals surface area contributed by atoms with Gasteiger partial charge < -0.3 is 4.98 Å². The number of pyridine rings is 1. The van der Waals surface area contributed by atoms with Crippen LogP contribution in [0.25, 0.3) is 12.2 Å². The largest absolute Gasteiger partial charge is 0.433 e. The lowest BCUT2D eigenvalue weighted by Gasteiger charge is -2.06. The number of allylic oxidation sites excluding steroid dienone is 1. The number of nitrogens with one attached hydrogen (secondary N) is 1. The minimum atomic E-state index is -4.59. The number of aromatic nitrogens is 2. The third-order valence-corrected chi connectivity index (χ3v) is 3.16. The van der Waals surface area contributed by atoms with Gasteiger partial charge in [-0.1, -0.05) is 51.6 Å². The van der Waals surface area contributed by atoms with Gasteiger partial charge in [-0.05, 0) is 18.6 Å². The Bertz CT molecular complexity index is 848. The summed E-state index contributed by atoms with van der Waals surface area (Å²) in [5.74, 6) is -0.573. The Morgan fingerprint density at radius 2 is 2.00 bits per heavy atom. The van der Waals surface area contributed by atoms with Gasteiger partial charge in [0.1, 0.15) is 11.4 Å². The molecule has 0 aliphatic carbocycles. The van der Waals surface area contributed by atoms with Crippen molar-refractivity contribution in [3.05, 3.63) is 64.6 Å². The zero-order chi connectivity index (χ0) is 19.0. The fourth-order valence-electron chi connectivity index (χ4n) is 2.17. The summed E-state index contributed by atoms with van der Waals surface area (Å²) < 4.78 is 38.2. The molecule has 0 unspecified atom stereocenters. The molecule has 0 saturated carbocycles. The van der Waals surface area contributed by atoms with Gasteiger partial charge >= 0.3 is 6.18 Å². The fourth-order valence-corrected chi connectivity index (χ4v) is 2.17. The van der Waals surface area contributed by atoms with Crippen molar-refractivity contribution >= 4 is 17.9 Å². The Labute approximate surface area is 144 Å². The molecule has 0 aliphatic rings. The lowest BCUT2D eigenvalue weighted by atomic mass is 10.1. The number of aromatic amines is 1. The average Bonchev–Trinajstić information content (AvgIpc) is 2.99. The second-order valence-electron chi connectivity index (χ2n) is 4.78. The predicted octanol–water partition coefficient (Wildman–Crippen LogP) is 3.84. The van der Waals surface area contributed by atoms with E-state index in [9.17, 15) is 18.0 Å². The van der Waals surface area contributed by atoms with Crippen LogP contribution < -0.4 is 10.6 Å². The molecular weight excluding hydrogens is 329 g/mol. The van der Waals surface area contributed by atoms with Gasteiger partial charge in [0.15, 0.2) is 0 Å². The molecule has 2 aromatic heterocycles. The summed E-state index contributed by atoms with van der Waals surface area (Å²) in [7, 11) is 0. The Kier molecular flexibility index (Phi) is 7.36. The summed E-state index contributed by atoms with van der Waals surface area (Å²) >= 11 is 0. The topological polar surface area (TPSA) is 45.8 Å². The molecule has 0 fully saturated rings. The van der Waals surface area contributed by atoms with Crippen molar-refractivity contribution in [3.63, 3.8) is 0 Å². The standard InChI is InChI=1S/C17H15F3N2O.C2H6/c1-3-6-11-12(10-21-13(11)7-4-2)16(23)14-8-5-9-15(22-14)17(18,19)20;1-2/h3,5-10,21H,1,4H2,2H3;1-2H3/b11-6-,13-7+;. The van der Waals surface area contributed by atoms with Gasteiger partial charge in [-0.25, -0.2) is 4.98 Å². The number of rotatable bonds is 4. The molecule has 2 aromatic rings. The van der Waals surface area contributed by atoms with E-state index in [1.165, 1.54) is 24.4 Å². The summed E-state index contributed by atoms with van der Waals surface area (Å²) in [6.07, 6.45) is 2.66. The zero-order valence-electron chi connectivity index (χ0n) is 14.4. The van der Waals surface area contributed by atoms with Gasteiger partial charge in [-0.3, -0.25) is 4.79 Å². The maximum absolute atomic E-state index is 12.7. The smallest absolute Gasteiger partial charge is 0.361 e. The molecule has 0 aromatic carbocycles. The van der Waals surface area contributed by atoms with Crippen molar-refractivity contribution in [1.82, 2.24) is 9.97 Å². The van der Waals surface area contributed by atoms with E-state index in [0.717, 1.165) is 17.8 Å². The molecule has 1 N–H and O–H groups in total. The van der Waals surface area contributed by atoms with Crippen LogP contribution in [0.4, 0.5) is 13.2 Å². The number of nitrogens with zero attached hydrogens (tertiary/aromatic N) is 1. The van der Waals surface area contributed by atoms with Crippen molar-refractivity contribution in [1.29, 1.82) is 0 Å². The van der Waals surface area contributed by atoms with Crippen LogP contribution in [0.3, 0.4) is 0 Å². The highest BCUT2D eigenvalue weighted by Crippen LogP contribution is 2.27. The molecule has 0 atom stereocenters. The summed E-state index contributed by atoms with van der Waals surface area (Å²) in [6, 6.07) is 3.28. The summed E-state index contributed by atoms with van der Waals surface area (Å²) in [4.78, 5) is 18.9. The van der Waals surface area contributed by atoms with Gasteiger partial charge in [0, 0.05) is 22.3 Å². The molecule has 134 valence electrons. The number of hydrogen-bond acceptors (Lipinski definition) is 2. The Hall–Kier alpha value is -2.63. The van der Waals surface area contributed by atoms with Crippen molar-refractivity contribution in [2.75, 3.05) is 0 Å². The van der Waals surface area contributed by atoms with E-state index in [4.69, 9.17) is 0 Å². The maximum Gasteiger partial charge on any atom is 0.433 e. The van der Waals surface area contributed by atoms with Crippen LogP contribution >= 0.6 is 0 Å². The molecule has 0 radical (unpaired) electrons. The number of carbonyl (C=O) groups is 1. The number of hydrogen-bond donors (Lipinski definition) is 1. The van der Waals surface area contributed by atoms with E-state index in [0.29, 0.717) is 5.22 Å². The molecule has 0 saturated heterocycles. The van der Waals surface area contributed by atoms with Gasteiger partial charge in [-0.15, -0.1) is 0 Å². The molecular formula is C19H21F3N2O. The van der Waals surface area contributed by atoms with E-state index in [1.807, 2.05) is 26.8 Å². The van der Waals surface area contributed by atoms with E-state index in [2.05, 4.69) is 16.5 Å². The van der Waals surface area contributed by atoms with Gasteiger partial charge in [0.2, 0.25) is 5.78 Å². The first-order valence-corrected chi connectivity index (χ1v) is 7.97. The van der Waals surface area contributed by atoms with Crippen LogP contribution in [-0.2, 0) is 6.18 Å². The molecule has 2 heterocycles. The second kappa shape index (κ2) is 9.01. The lowest BCUT2D eigenvalue weighted by molar-refractivity contribution is -0.141. The summed E-state index contributed by atoms with van der Waals surface area (Å²) in [5, 5.41) is 1.31. The van der Waals surface area contributed by atoms with Crippen molar-refractivity contribution < 1.29 is 18.0 Å². The third kappa shape index (κ3) is 4.92. The zero-order valence-corrected chi connectivity index (χ0v) is 14.4. The van der Waals surface area contributed by atoms with Crippen LogP contribution in [0.15, 0.2) is 37.1 Å². The number of alkyl halides is 3. The van der Waals surface area contributed by atoms with Crippen molar-refractivity contribution in [2.45, 2.75) is 33.4 Å². The third-order valence-electron chi connectivity index (χ3n) is 3.16. The summed E-state index contributed by atoms with van der Waals surface area (Å²) in [6.45, 7) is 9.54. The molecule has 0 spiro atoms. The molecule has 3 nitrogen and oxygen atoms in total. The number of ketones is 1. The van der Waals surface area contributed by atoms with Crippen LogP contribution in [-0.4, -0.2) is 15.8 Å². The molecule has 2 rings (SSSR count). The normalized spacial score (nSPS) is 12.6. The minimum absolute atomic E-state index is 0.249. The highest BCUT2D eigenvalue weighted by atomic mass is 19.4. The first-order valence-electron chi connectivity index (χ1n) is 7.97. The van der Waals surface area contributed by atoms with Crippen LogP contribution in [0.5, 0.6) is 0 Å². The summed E-state index contributed by atoms with van der Waals surface area (Å²) in [5.41, 5.74) is -1.08. The van der Waals surface area contributed by atoms with E-state index < -0.39 is 17.7 Å². The van der Waals surface area contributed by atoms with Gasteiger partial charge in [0.05, 0.1) is 0 Å². The van der Waals surface area contributed by atoms with E-state index >= 15 is 0 Å². The molecule has 25 heavy (non-hydrogen) atoms. The number of halogens is 3. The van der Waals surface area contributed by atoms with Crippen LogP contribution in [0, 0.1) is 0 Å². The van der Waals surface area contributed by atoms with Crippen molar-refractivity contribution in [2.24, 2.45) is 0 Å². The first kappa shape index (κ1) is 20.4. The number of carbonyl (C=O) groups excluding carboxylic acids is 1. The fraction of sp³-hybridized carbons (Fsp3) is 0.263. The quantitative estimate of drug-likeness (QED) is 0.852. The second-order valence-corrected chi connectivity index (χ2v) is 4.78. The van der Waals surface area contributed by atoms with E-state index in [1.54, 1.807) is 6.08 Å². The van der Waals surface area contributed by atoms with Crippen LogP contribution in [0.1, 0.15) is 48.9 Å². The van der Waals surface area contributed by atoms with Gasteiger partial charge in [0.25, 0.3) is 0 Å². The molecule has 0 bridgehead atoms. The predicted molar refractivity (Wildman–Crippen MR) is 93.5 cm³/mol. The highest BCUT2D eigenvalue weighted by molar-refractivity contribution is 6.07. The SMILES string of the molecule is C=C/C=c1/c(C(=O)c2cccc(C(F)(F)F)n2)c[nH]/c1=C/CC.CC. The number of H-pyrrole nitrogens is 1. The maximum atomic E-state index is 12.7. The van der Waals surface area contributed by atoms with E-state index in [-0.39, 0.29) is 11.3 Å².